The molecule has 0 heterocycles. The van der Waals surface area contributed by atoms with Crippen molar-refractivity contribution in [2.24, 2.45) is 0 Å². The van der Waals surface area contributed by atoms with Crippen molar-refractivity contribution in [1.82, 2.24) is 0 Å². The van der Waals surface area contributed by atoms with Crippen LogP contribution >= 0.6 is 0 Å². The van der Waals surface area contributed by atoms with Gasteiger partial charge in [-0.05, 0) is 51.4 Å². The zero-order valence-corrected chi connectivity index (χ0v) is 26.2. The first kappa shape index (κ1) is 36.6. The quantitative estimate of drug-likeness (QED) is 0.0685. The lowest BCUT2D eigenvalue weighted by Crippen LogP contribution is -3.00. The van der Waals surface area contributed by atoms with Crippen LogP contribution in [0.15, 0.2) is 0 Å². The summed E-state index contributed by atoms with van der Waals surface area (Å²) in [5, 5.41) is 0. The molecule has 0 atom stereocenters. The highest BCUT2D eigenvalue weighted by molar-refractivity contribution is 4.54. The molecule has 0 saturated carbocycles. The van der Waals surface area contributed by atoms with Crippen molar-refractivity contribution in [1.29, 1.82) is 0 Å². The van der Waals surface area contributed by atoms with Gasteiger partial charge in [0.15, 0.2) is 0 Å². The zero-order valence-electron chi connectivity index (χ0n) is 24.6. The van der Waals surface area contributed by atoms with E-state index in [4.69, 9.17) is 0 Å². The van der Waals surface area contributed by atoms with Crippen molar-refractivity contribution in [3.8, 4) is 0 Å². The Kier molecular flexibility index (Phi) is 31.9. The fourth-order valence-electron chi connectivity index (χ4n) is 5.58. The van der Waals surface area contributed by atoms with Crippen molar-refractivity contribution in [3.05, 3.63) is 0 Å². The average molecular weight is 547 g/mol. The van der Waals surface area contributed by atoms with E-state index in [1.165, 1.54) is 185 Å². The Balaban J connectivity index is 0. The second-order valence-electron chi connectivity index (χ2n) is 11.3. The third-order valence-electron chi connectivity index (χ3n) is 7.94. The molecule has 0 aliphatic rings. The Labute approximate surface area is 229 Å². The summed E-state index contributed by atoms with van der Waals surface area (Å²) in [5.74, 6) is 0. The number of hydrogen-bond donors (Lipinski definition) is 0. The molecule has 34 heavy (non-hydrogen) atoms. The molecule has 0 aliphatic heterocycles. The third kappa shape index (κ3) is 24.1. The summed E-state index contributed by atoms with van der Waals surface area (Å²) in [4.78, 5) is 0. The van der Waals surface area contributed by atoms with Crippen LogP contribution < -0.4 is 17.0 Å². The third-order valence-corrected chi connectivity index (χ3v) is 7.94. The summed E-state index contributed by atoms with van der Waals surface area (Å²) >= 11 is 0. The van der Waals surface area contributed by atoms with Gasteiger partial charge in [0.1, 0.15) is 0 Å². The first-order valence-electron chi connectivity index (χ1n) is 16.1. The number of quaternary nitrogens is 1. The highest BCUT2D eigenvalue weighted by atomic mass is 79.9. The Morgan fingerprint density at radius 3 is 0.676 bits per heavy atom. The van der Waals surface area contributed by atoms with E-state index in [0.29, 0.717) is 0 Å². The summed E-state index contributed by atoms with van der Waals surface area (Å²) < 4.78 is 1.47. The van der Waals surface area contributed by atoms with Crippen molar-refractivity contribution in [3.63, 3.8) is 0 Å². The predicted octanol–water partition coefficient (Wildman–Crippen LogP) is 8.25. The number of halogens is 1. The van der Waals surface area contributed by atoms with E-state index >= 15 is 0 Å². The molecule has 0 aliphatic carbocycles. The first-order valence-corrected chi connectivity index (χ1v) is 16.1. The van der Waals surface area contributed by atoms with Gasteiger partial charge in [-0.2, -0.15) is 0 Å². The summed E-state index contributed by atoms with van der Waals surface area (Å²) in [7, 11) is 0. The molecule has 0 fully saturated rings. The van der Waals surface area contributed by atoms with Gasteiger partial charge in [0.05, 0.1) is 26.2 Å². The molecule has 0 unspecified atom stereocenters. The lowest BCUT2D eigenvalue weighted by atomic mass is 10.0. The second kappa shape index (κ2) is 29.7. The number of hydrogen-bond acceptors (Lipinski definition) is 0. The van der Waals surface area contributed by atoms with Gasteiger partial charge in [-0.1, -0.05) is 130 Å². The second-order valence-corrected chi connectivity index (χ2v) is 11.3. The summed E-state index contributed by atoms with van der Waals surface area (Å²) in [5.41, 5.74) is 0. The molecule has 0 amide bonds. The Morgan fingerprint density at radius 2 is 0.441 bits per heavy atom. The van der Waals surface area contributed by atoms with Gasteiger partial charge in [0, 0.05) is 0 Å². The smallest absolute Gasteiger partial charge is 0.0786 e. The van der Waals surface area contributed by atoms with Crippen LogP contribution in [0.2, 0.25) is 0 Å². The fourth-order valence-corrected chi connectivity index (χ4v) is 5.58. The summed E-state index contributed by atoms with van der Waals surface area (Å²) in [6, 6.07) is 0. The van der Waals surface area contributed by atoms with E-state index in [1.807, 2.05) is 0 Å². The molecule has 0 saturated heterocycles. The molecule has 0 spiro atoms. The molecule has 0 rings (SSSR count). The van der Waals surface area contributed by atoms with Crippen LogP contribution in [0.25, 0.3) is 0 Å². The van der Waals surface area contributed by atoms with Gasteiger partial charge in [-0.15, -0.1) is 0 Å². The zero-order chi connectivity index (χ0) is 24.3. The molecule has 0 radical (unpaired) electrons. The van der Waals surface area contributed by atoms with E-state index in [9.17, 15) is 0 Å². The van der Waals surface area contributed by atoms with Crippen LogP contribution in [0.4, 0.5) is 0 Å². The van der Waals surface area contributed by atoms with E-state index in [-0.39, 0.29) is 17.0 Å². The van der Waals surface area contributed by atoms with Crippen LogP contribution in [-0.4, -0.2) is 30.7 Å². The van der Waals surface area contributed by atoms with Gasteiger partial charge in [0.25, 0.3) is 0 Å². The number of nitrogens with zero attached hydrogens (tertiary/aromatic N) is 1. The minimum atomic E-state index is 0. The number of rotatable bonds is 28. The molecule has 0 aromatic rings. The standard InChI is InChI=1S/C32H68N.BrH/c1-5-9-13-17-18-19-20-21-22-23-24-28-32-33(29-25-14-10-6-2,30-26-15-11-7-3)31-27-16-12-8-4;/h5-32H2,1-4H3;1H/q+1;/p-1. The normalized spacial score (nSPS) is 11.6. The molecule has 208 valence electrons. The van der Waals surface area contributed by atoms with Gasteiger partial charge < -0.3 is 21.5 Å². The number of unbranched alkanes of at least 4 members (excludes halogenated alkanes) is 20. The summed E-state index contributed by atoms with van der Waals surface area (Å²) in [6.45, 7) is 15.2. The molecule has 2 heteroatoms. The Bertz CT molecular complexity index is 326. The highest BCUT2D eigenvalue weighted by Crippen LogP contribution is 2.20. The molecule has 0 N–H and O–H groups in total. The molecular formula is C32H68BrN. The van der Waals surface area contributed by atoms with Gasteiger partial charge >= 0.3 is 0 Å². The monoisotopic (exact) mass is 545 g/mol. The largest absolute Gasteiger partial charge is 1.00 e. The predicted molar refractivity (Wildman–Crippen MR) is 153 cm³/mol. The van der Waals surface area contributed by atoms with Crippen molar-refractivity contribution in [2.75, 3.05) is 26.2 Å². The van der Waals surface area contributed by atoms with Crippen LogP contribution in [-0.2, 0) is 0 Å². The maximum absolute atomic E-state index is 2.35. The molecular weight excluding hydrogens is 478 g/mol. The van der Waals surface area contributed by atoms with Crippen molar-refractivity contribution >= 4 is 0 Å². The van der Waals surface area contributed by atoms with E-state index in [1.54, 1.807) is 0 Å². The summed E-state index contributed by atoms with van der Waals surface area (Å²) in [6.07, 6.45) is 34.8. The Hall–Kier alpha value is 0.440. The van der Waals surface area contributed by atoms with Crippen LogP contribution in [0.1, 0.15) is 182 Å². The van der Waals surface area contributed by atoms with E-state index in [0.717, 1.165) is 0 Å². The minimum Gasteiger partial charge on any atom is -1.00 e. The van der Waals surface area contributed by atoms with Crippen molar-refractivity contribution in [2.45, 2.75) is 182 Å². The van der Waals surface area contributed by atoms with E-state index < -0.39 is 0 Å². The SMILES string of the molecule is CCCCCCCCCCCCCC[N+](CCCCCC)(CCCCCC)CCCCCC.[Br-]. The molecule has 0 aromatic heterocycles. The molecule has 1 nitrogen and oxygen atoms in total. The Morgan fingerprint density at radius 1 is 0.265 bits per heavy atom. The topological polar surface area (TPSA) is 0 Å². The highest BCUT2D eigenvalue weighted by Gasteiger charge is 2.25. The maximum atomic E-state index is 2.35. The first-order chi connectivity index (χ1) is 16.2. The lowest BCUT2D eigenvalue weighted by Gasteiger charge is -2.39. The lowest BCUT2D eigenvalue weighted by molar-refractivity contribution is -0.929. The van der Waals surface area contributed by atoms with Crippen LogP contribution in [0, 0.1) is 0 Å². The van der Waals surface area contributed by atoms with E-state index in [2.05, 4.69) is 27.7 Å². The average Bonchev–Trinajstić information content (AvgIpc) is 2.83. The van der Waals surface area contributed by atoms with Gasteiger partial charge in [0.2, 0.25) is 0 Å². The molecule has 0 aromatic carbocycles. The van der Waals surface area contributed by atoms with Gasteiger partial charge in [-0.25, -0.2) is 0 Å². The van der Waals surface area contributed by atoms with Gasteiger partial charge in [-0.3, -0.25) is 0 Å². The molecule has 0 bridgehead atoms. The minimum absolute atomic E-state index is 0. The fraction of sp³-hybridized carbons (Fsp3) is 1.00. The van der Waals surface area contributed by atoms with Crippen LogP contribution in [0.3, 0.4) is 0 Å². The maximum Gasteiger partial charge on any atom is 0.0786 e. The van der Waals surface area contributed by atoms with Crippen molar-refractivity contribution < 1.29 is 21.5 Å². The van der Waals surface area contributed by atoms with Crippen LogP contribution in [0.5, 0.6) is 0 Å².